The van der Waals surface area contributed by atoms with Gasteiger partial charge in [-0.25, -0.2) is 0 Å². The average Bonchev–Trinajstić information content (AvgIpc) is 3.92. The Morgan fingerprint density at radius 3 is 1.44 bits per heavy atom. The second kappa shape index (κ2) is 14.3. The number of hydrogen-bond acceptors (Lipinski definition) is 3. The summed E-state index contributed by atoms with van der Waals surface area (Å²) in [6, 6.07) is 82.1. The molecule has 0 fully saturated rings. The molecule has 0 radical (unpaired) electrons. The number of thiophene rings is 1. The number of para-hydroxylation sites is 1. The minimum Gasteiger partial charge on any atom is -0.456 e. The van der Waals surface area contributed by atoms with E-state index in [-0.39, 0.29) is 0 Å². The molecule has 2 heterocycles. The number of fused-ring (bicyclic) bond motifs is 17. The molecule has 0 aliphatic rings. The highest BCUT2D eigenvalue weighted by molar-refractivity contribution is 7.26. The van der Waals surface area contributed by atoms with Crippen LogP contribution in [-0.2, 0) is 0 Å². The Bertz CT molecular complexity index is 4030. The third kappa shape index (κ3) is 5.71. The highest BCUT2D eigenvalue weighted by Crippen LogP contribution is 2.46. The van der Waals surface area contributed by atoms with Crippen molar-refractivity contribution in [1.82, 2.24) is 0 Å². The van der Waals surface area contributed by atoms with Gasteiger partial charge in [0, 0.05) is 54.1 Å². The Morgan fingerprint density at radius 1 is 0.270 bits per heavy atom. The summed E-state index contributed by atoms with van der Waals surface area (Å²) >= 11 is 1.87. The van der Waals surface area contributed by atoms with E-state index in [0.717, 1.165) is 39.0 Å². The van der Waals surface area contributed by atoms with E-state index in [1.54, 1.807) is 0 Å². The summed E-state index contributed by atoms with van der Waals surface area (Å²) in [5.41, 5.74) is 7.26. The van der Waals surface area contributed by atoms with Gasteiger partial charge in [0.05, 0.1) is 0 Å². The molecule has 13 aromatic rings. The molecule has 0 spiro atoms. The van der Waals surface area contributed by atoms with E-state index in [0.29, 0.717) is 0 Å². The van der Waals surface area contributed by atoms with Crippen molar-refractivity contribution in [3.05, 3.63) is 224 Å². The quantitative estimate of drug-likeness (QED) is 0.176. The number of nitrogens with zero attached hydrogens (tertiary/aromatic N) is 1. The van der Waals surface area contributed by atoms with Gasteiger partial charge in [0.1, 0.15) is 11.2 Å². The first-order chi connectivity index (χ1) is 31.2. The summed E-state index contributed by atoms with van der Waals surface area (Å²) in [4.78, 5) is 2.38. The Kier molecular flexibility index (Phi) is 8.12. The van der Waals surface area contributed by atoms with E-state index in [4.69, 9.17) is 4.42 Å². The van der Waals surface area contributed by atoms with Crippen molar-refractivity contribution >= 4 is 124 Å². The van der Waals surface area contributed by atoms with Gasteiger partial charge in [-0.3, -0.25) is 0 Å². The van der Waals surface area contributed by atoms with Gasteiger partial charge in [-0.15, -0.1) is 11.3 Å². The summed E-state index contributed by atoms with van der Waals surface area (Å²) in [5, 5.41) is 17.0. The maximum absolute atomic E-state index is 6.52. The van der Waals surface area contributed by atoms with Gasteiger partial charge in [0.2, 0.25) is 0 Å². The molecular formula is C60H37NOS. The van der Waals surface area contributed by atoms with Crippen molar-refractivity contribution in [1.29, 1.82) is 0 Å². The smallest absolute Gasteiger partial charge is 0.137 e. The molecule has 2 aromatic heterocycles. The van der Waals surface area contributed by atoms with E-state index < -0.39 is 0 Å². The van der Waals surface area contributed by atoms with E-state index >= 15 is 0 Å². The highest BCUT2D eigenvalue weighted by Gasteiger charge is 2.19. The molecule has 13 rings (SSSR count). The van der Waals surface area contributed by atoms with Crippen LogP contribution in [0.25, 0.3) is 107 Å². The Labute approximate surface area is 367 Å². The molecule has 0 N–H and O–H groups in total. The first-order valence-electron chi connectivity index (χ1n) is 21.5. The van der Waals surface area contributed by atoms with Crippen LogP contribution in [0.3, 0.4) is 0 Å². The van der Waals surface area contributed by atoms with Crippen LogP contribution in [0, 0.1) is 0 Å². The standard InChI is InChI=1S/C60H37NOS/c1-2-14-38(15-3-1)39-26-28-40(29-27-39)61(42-31-33-50-49-21-10-12-24-55(49)62-56(50)37-42)41-30-32-48-52-34-35-58-60(53-23-11-13-25-57(53)63-58)59(52)51-22-9-8-19-46(51)44-17-5-4-16-43(44)45-18-6-7-20-47(45)54(48)36-41/h1-37H. The molecule has 0 saturated heterocycles. The van der Waals surface area contributed by atoms with Crippen LogP contribution in [-0.4, -0.2) is 0 Å². The predicted octanol–water partition coefficient (Wildman–Crippen LogP) is 18.0. The van der Waals surface area contributed by atoms with E-state index in [2.05, 4.69) is 217 Å². The van der Waals surface area contributed by atoms with Crippen LogP contribution in [0.2, 0.25) is 0 Å². The Morgan fingerprint density at radius 2 is 0.730 bits per heavy atom. The lowest BCUT2D eigenvalue weighted by Crippen LogP contribution is -2.09. The van der Waals surface area contributed by atoms with Gasteiger partial charge in [0.15, 0.2) is 0 Å². The summed E-state index contributed by atoms with van der Waals surface area (Å²) < 4.78 is 9.11. The van der Waals surface area contributed by atoms with Crippen molar-refractivity contribution in [2.45, 2.75) is 0 Å². The molecule has 0 saturated carbocycles. The maximum atomic E-state index is 6.52. The lowest BCUT2D eigenvalue weighted by Gasteiger charge is -2.26. The van der Waals surface area contributed by atoms with Gasteiger partial charge in [-0.1, -0.05) is 164 Å². The minimum atomic E-state index is 0.861. The highest BCUT2D eigenvalue weighted by atomic mass is 32.1. The largest absolute Gasteiger partial charge is 0.456 e. The van der Waals surface area contributed by atoms with Crippen LogP contribution in [0.15, 0.2) is 229 Å². The number of rotatable bonds is 4. The molecule has 0 bridgehead atoms. The zero-order valence-electron chi connectivity index (χ0n) is 34.1. The van der Waals surface area contributed by atoms with E-state index in [1.807, 2.05) is 23.5 Å². The van der Waals surface area contributed by atoms with Crippen LogP contribution < -0.4 is 4.90 Å². The molecular weight excluding hydrogens is 783 g/mol. The third-order valence-corrected chi connectivity index (χ3v) is 14.0. The lowest BCUT2D eigenvalue weighted by atomic mass is 9.92. The SMILES string of the molecule is c1ccc(-c2ccc(N(c3ccc4c(c3)oc3ccccc34)c3ccc4c(c3)c3ccccc3c3ccccc3c3ccccc3c3c4ccc4sc5ccccc5c43)cc2)cc1. The second-order valence-corrected chi connectivity index (χ2v) is 17.4. The molecule has 294 valence electrons. The van der Waals surface area contributed by atoms with Crippen LogP contribution in [0.4, 0.5) is 17.1 Å². The zero-order chi connectivity index (χ0) is 41.4. The predicted molar refractivity (Wildman–Crippen MR) is 272 cm³/mol. The molecule has 11 aromatic carbocycles. The molecule has 0 aliphatic carbocycles. The molecule has 0 unspecified atom stereocenters. The van der Waals surface area contributed by atoms with Gasteiger partial charge >= 0.3 is 0 Å². The van der Waals surface area contributed by atoms with Gasteiger partial charge in [-0.2, -0.15) is 0 Å². The Hall–Kier alpha value is -7.98. The van der Waals surface area contributed by atoms with Crippen molar-refractivity contribution in [3.8, 4) is 11.1 Å². The fourth-order valence-corrected chi connectivity index (χ4v) is 11.1. The number of anilines is 3. The van der Waals surface area contributed by atoms with Gasteiger partial charge in [0.25, 0.3) is 0 Å². The summed E-state index contributed by atoms with van der Waals surface area (Å²) in [6.07, 6.45) is 0. The fourth-order valence-electron chi connectivity index (χ4n) is 10.0. The molecule has 63 heavy (non-hydrogen) atoms. The van der Waals surface area contributed by atoms with Crippen LogP contribution in [0.5, 0.6) is 0 Å². The van der Waals surface area contributed by atoms with Gasteiger partial charge in [-0.05, 0) is 120 Å². The van der Waals surface area contributed by atoms with Crippen molar-refractivity contribution in [2.24, 2.45) is 0 Å². The summed E-state index contributed by atoms with van der Waals surface area (Å²) in [6.45, 7) is 0. The van der Waals surface area contributed by atoms with Crippen molar-refractivity contribution in [2.75, 3.05) is 4.90 Å². The van der Waals surface area contributed by atoms with Crippen LogP contribution >= 0.6 is 11.3 Å². The molecule has 0 amide bonds. The fraction of sp³-hybridized carbons (Fsp3) is 0. The minimum absolute atomic E-state index is 0.861. The lowest BCUT2D eigenvalue weighted by molar-refractivity contribution is 0.669. The van der Waals surface area contributed by atoms with E-state index in [1.165, 1.54) is 85.2 Å². The molecule has 2 nitrogen and oxygen atoms in total. The molecule has 0 atom stereocenters. The number of benzene rings is 10. The number of furan rings is 1. The number of hydrogen-bond donors (Lipinski definition) is 0. The first-order valence-corrected chi connectivity index (χ1v) is 22.3. The summed E-state index contributed by atoms with van der Waals surface area (Å²) in [5.74, 6) is 0. The van der Waals surface area contributed by atoms with Crippen molar-refractivity contribution in [3.63, 3.8) is 0 Å². The maximum Gasteiger partial charge on any atom is 0.137 e. The third-order valence-electron chi connectivity index (χ3n) is 12.9. The monoisotopic (exact) mass is 819 g/mol. The van der Waals surface area contributed by atoms with Gasteiger partial charge < -0.3 is 9.32 Å². The van der Waals surface area contributed by atoms with Crippen LogP contribution in [0.1, 0.15) is 0 Å². The topological polar surface area (TPSA) is 16.4 Å². The molecule has 3 heteroatoms. The normalized spacial score (nSPS) is 11.8. The second-order valence-electron chi connectivity index (χ2n) is 16.4. The average molecular weight is 820 g/mol. The van der Waals surface area contributed by atoms with E-state index in [9.17, 15) is 0 Å². The van der Waals surface area contributed by atoms with Crippen molar-refractivity contribution < 1.29 is 4.42 Å². The first kappa shape index (κ1) is 35.7. The zero-order valence-corrected chi connectivity index (χ0v) is 34.9. The summed E-state index contributed by atoms with van der Waals surface area (Å²) in [7, 11) is 0. The Balaban J connectivity index is 1.18. The molecule has 0 aliphatic heterocycles.